The predicted molar refractivity (Wildman–Crippen MR) is 126 cm³/mol. The van der Waals surface area contributed by atoms with E-state index in [0.717, 1.165) is 25.5 Å². The molecule has 0 saturated carbocycles. The fourth-order valence-electron chi connectivity index (χ4n) is 2.88. The van der Waals surface area contributed by atoms with Gasteiger partial charge in [-0.3, -0.25) is 4.99 Å². The van der Waals surface area contributed by atoms with Gasteiger partial charge in [0.2, 0.25) is 10.0 Å². The molecule has 156 valence electrons. The van der Waals surface area contributed by atoms with E-state index < -0.39 is 10.0 Å². The standard InChI is InChI=1S/C19H34N4O2S.HI/c1-6-20-19(21-10-8-12-23(7-2)26(5,24)25)22-11-9-18-14-16(3)13-17(4)15-18;/h13-15H,6-12H2,1-5H3,(H2,20,21,22);1H. The van der Waals surface area contributed by atoms with Crippen LogP contribution >= 0.6 is 24.0 Å². The summed E-state index contributed by atoms with van der Waals surface area (Å²) < 4.78 is 24.6. The van der Waals surface area contributed by atoms with Gasteiger partial charge < -0.3 is 10.6 Å². The summed E-state index contributed by atoms with van der Waals surface area (Å²) in [5.74, 6) is 0.777. The molecule has 1 aromatic carbocycles. The number of hydrogen-bond acceptors (Lipinski definition) is 3. The van der Waals surface area contributed by atoms with Crippen LogP contribution in [0.5, 0.6) is 0 Å². The topological polar surface area (TPSA) is 73.8 Å². The van der Waals surface area contributed by atoms with Crippen molar-refractivity contribution in [2.75, 3.05) is 39.0 Å². The van der Waals surface area contributed by atoms with Crippen LogP contribution in [0.4, 0.5) is 0 Å². The summed E-state index contributed by atoms with van der Waals surface area (Å²) in [6.45, 7) is 11.3. The number of aliphatic imine (C=N–C) groups is 1. The Morgan fingerprint density at radius 3 is 2.26 bits per heavy atom. The van der Waals surface area contributed by atoms with E-state index in [0.29, 0.717) is 26.1 Å². The predicted octanol–water partition coefficient (Wildman–Crippen LogP) is 2.69. The molecule has 1 rings (SSSR count). The first-order valence-electron chi connectivity index (χ1n) is 9.30. The molecule has 6 nitrogen and oxygen atoms in total. The molecule has 0 aliphatic carbocycles. The lowest BCUT2D eigenvalue weighted by molar-refractivity contribution is 0.427. The van der Waals surface area contributed by atoms with Crippen molar-refractivity contribution in [3.63, 3.8) is 0 Å². The fourth-order valence-corrected chi connectivity index (χ4v) is 3.81. The number of rotatable bonds is 10. The molecule has 0 aromatic heterocycles. The molecule has 0 radical (unpaired) electrons. The van der Waals surface area contributed by atoms with Crippen molar-refractivity contribution in [1.29, 1.82) is 0 Å². The van der Waals surface area contributed by atoms with E-state index in [9.17, 15) is 8.42 Å². The van der Waals surface area contributed by atoms with Crippen molar-refractivity contribution >= 4 is 40.0 Å². The molecule has 1 aromatic rings. The third kappa shape index (κ3) is 10.9. The molecule has 0 unspecified atom stereocenters. The van der Waals surface area contributed by atoms with Crippen LogP contribution in [0.3, 0.4) is 0 Å². The van der Waals surface area contributed by atoms with Crippen LogP contribution in [-0.2, 0) is 16.4 Å². The first kappa shape index (κ1) is 26.1. The molecule has 0 saturated heterocycles. The van der Waals surface area contributed by atoms with Gasteiger partial charge in [-0.25, -0.2) is 12.7 Å². The Morgan fingerprint density at radius 2 is 1.74 bits per heavy atom. The molecule has 0 spiro atoms. The monoisotopic (exact) mass is 510 g/mol. The molecule has 0 amide bonds. The summed E-state index contributed by atoms with van der Waals surface area (Å²) in [7, 11) is -3.12. The minimum Gasteiger partial charge on any atom is -0.357 e. The Labute approximate surface area is 182 Å². The van der Waals surface area contributed by atoms with Gasteiger partial charge in [0.1, 0.15) is 0 Å². The van der Waals surface area contributed by atoms with Gasteiger partial charge in [-0.05, 0) is 39.2 Å². The number of nitrogens with zero attached hydrogens (tertiary/aromatic N) is 2. The number of guanidine groups is 1. The number of aryl methyl sites for hydroxylation is 2. The third-order valence-electron chi connectivity index (χ3n) is 3.99. The molecule has 0 heterocycles. The van der Waals surface area contributed by atoms with Crippen LogP contribution in [0.15, 0.2) is 23.2 Å². The van der Waals surface area contributed by atoms with Crippen LogP contribution in [0.25, 0.3) is 0 Å². The van der Waals surface area contributed by atoms with E-state index >= 15 is 0 Å². The van der Waals surface area contributed by atoms with Crippen LogP contribution < -0.4 is 10.6 Å². The van der Waals surface area contributed by atoms with Crippen LogP contribution in [0.1, 0.15) is 37.0 Å². The van der Waals surface area contributed by atoms with Crippen molar-refractivity contribution in [1.82, 2.24) is 14.9 Å². The van der Waals surface area contributed by atoms with Crippen molar-refractivity contribution < 1.29 is 8.42 Å². The van der Waals surface area contributed by atoms with E-state index in [4.69, 9.17) is 0 Å². The molecule has 0 aliphatic rings. The van der Waals surface area contributed by atoms with Gasteiger partial charge in [0.25, 0.3) is 0 Å². The zero-order valence-corrected chi connectivity index (χ0v) is 20.4. The van der Waals surface area contributed by atoms with Crippen LogP contribution in [-0.4, -0.2) is 57.7 Å². The molecule has 0 aliphatic heterocycles. The Kier molecular flexibility index (Phi) is 12.9. The minimum absolute atomic E-state index is 0. The van der Waals surface area contributed by atoms with Gasteiger partial charge >= 0.3 is 0 Å². The Balaban J connectivity index is 0.00000676. The molecule has 2 N–H and O–H groups in total. The van der Waals surface area contributed by atoms with Crippen molar-refractivity contribution in [3.05, 3.63) is 34.9 Å². The van der Waals surface area contributed by atoms with Gasteiger partial charge in [0.15, 0.2) is 5.96 Å². The quantitative estimate of drug-likeness (QED) is 0.220. The SMILES string of the molecule is CCNC(=NCCCN(CC)S(C)(=O)=O)NCCc1cc(C)cc(C)c1.I. The zero-order valence-electron chi connectivity index (χ0n) is 17.2. The lowest BCUT2D eigenvalue weighted by atomic mass is 10.1. The summed E-state index contributed by atoms with van der Waals surface area (Å²) in [6, 6.07) is 6.60. The summed E-state index contributed by atoms with van der Waals surface area (Å²) in [5.41, 5.74) is 3.89. The highest BCUT2D eigenvalue weighted by Crippen LogP contribution is 2.09. The van der Waals surface area contributed by atoms with Gasteiger partial charge in [0.05, 0.1) is 6.26 Å². The number of benzene rings is 1. The second kappa shape index (κ2) is 13.3. The highest BCUT2D eigenvalue weighted by Gasteiger charge is 2.12. The molecule has 0 fully saturated rings. The highest BCUT2D eigenvalue weighted by molar-refractivity contribution is 14.0. The third-order valence-corrected chi connectivity index (χ3v) is 5.37. The summed E-state index contributed by atoms with van der Waals surface area (Å²) in [6.07, 6.45) is 2.89. The van der Waals surface area contributed by atoms with Crippen LogP contribution in [0.2, 0.25) is 0 Å². The Bertz CT molecular complexity index is 673. The molecular weight excluding hydrogens is 475 g/mol. The van der Waals surface area contributed by atoms with Gasteiger partial charge in [0, 0.05) is 32.7 Å². The lowest BCUT2D eigenvalue weighted by Gasteiger charge is -2.17. The minimum atomic E-state index is -3.12. The molecule has 27 heavy (non-hydrogen) atoms. The average Bonchev–Trinajstić information content (AvgIpc) is 2.52. The summed E-state index contributed by atoms with van der Waals surface area (Å²) in [4.78, 5) is 4.54. The van der Waals surface area contributed by atoms with E-state index in [-0.39, 0.29) is 24.0 Å². The van der Waals surface area contributed by atoms with Gasteiger partial charge in [-0.1, -0.05) is 36.2 Å². The smallest absolute Gasteiger partial charge is 0.211 e. The maximum absolute atomic E-state index is 11.6. The summed E-state index contributed by atoms with van der Waals surface area (Å²) in [5, 5.41) is 6.58. The normalized spacial score (nSPS) is 12.0. The first-order valence-corrected chi connectivity index (χ1v) is 11.2. The Morgan fingerprint density at radius 1 is 1.11 bits per heavy atom. The van der Waals surface area contributed by atoms with Crippen molar-refractivity contribution in [2.24, 2.45) is 4.99 Å². The largest absolute Gasteiger partial charge is 0.357 e. The maximum Gasteiger partial charge on any atom is 0.211 e. The van der Waals surface area contributed by atoms with E-state index in [2.05, 4.69) is 47.7 Å². The van der Waals surface area contributed by atoms with Gasteiger partial charge in [-0.2, -0.15) is 0 Å². The summed E-state index contributed by atoms with van der Waals surface area (Å²) >= 11 is 0. The van der Waals surface area contributed by atoms with Crippen molar-refractivity contribution in [2.45, 2.75) is 40.5 Å². The molecular formula is C19H35IN4O2S. The lowest BCUT2D eigenvalue weighted by Crippen LogP contribution is -2.38. The second-order valence-corrected chi connectivity index (χ2v) is 8.52. The van der Waals surface area contributed by atoms with Crippen LogP contribution in [0, 0.1) is 13.8 Å². The van der Waals surface area contributed by atoms with E-state index in [1.54, 1.807) is 0 Å². The molecule has 0 bridgehead atoms. The number of nitrogens with one attached hydrogen (secondary N) is 2. The molecule has 0 atom stereocenters. The number of halogens is 1. The van der Waals surface area contributed by atoms with E-state index in [1.165, 1.54) is 27.3 Å². The first-order chi connectivity index (χ1) is 12.3. The zero-order chi connectivity index (χ0) is 19.6. The highest BCUT2D eigenvalue weighted by atomic mass is 127. The van der Waals surface area contributed by atoms with Crippen molar-refractivity contribution in [3.8, 4) is 0 Å². The maximum atomic E-state index is 11.6. The van der Waals surface area contributed by atoms with Gasteiger partial charge in [-0.15, -0.1) is 24.0 Å². The number of hydrogen-bond donors (Lipinski definition) is 2. The second-order valence-electron chi connectivity index (χ2n) is 6.54. The fraction of sp³-hybridized carbons (Fsp3) is 0.632. The number of sulfonamides is 1. The Hall–Kier alpha value is -0.870. The molecule has 8 heteroatoms. The van der Waals surface area contributed by atoms with E-state index in [1.807, 2.05) is 13.8 Å². The average molecular weight is 510 g/mol.